The molecule has 1 rings (SSSR count). The van der Waals surface area contributed by atoms with E-state index in [1.165, 1.54) is 7.11 Å². The van der Waals surface area contributed by atoms with Gasteiger partial charge in [-0.15, -0.1) is 0 Å². The van der Waals surface area contributed by atoms with Crippen LogP contribution in [0.1, 0.15) is 25.7 Å². The fourth-order valence-corrected chi connectivity index (χ4v) is 5.45. The summed E-state index contributed by atoms with van der Waals surface area (Å²) in [5.41, 5.74) is 0. The smallest absolute Gasteiger partial charge is 0.308 e. The standard InChI is InChI=1S/C10H19NO6S2/c1-17-10(12)8-3-5-9(6-4-8)11-19(15,16)7-18(2,13)14/h8-9,11H,3-7H2,1-2H3. The Morgan fingerprint density at radius 1 is 1.16 bits per heavy atom. The van der Waals surface area contributed by atoms with Crippen LogP contribution in [-0.2, 0) is 29.4 Å². The Balaban J connectivity index is 2.51. The quantitative estimate of drug-likeness (QED) is 0.695. The van der Waals surface area contributed by atoms with E-state index in [4.69, 9.17) is 0 Å². The van der Waals surface area contributed by atoms with Crippen LogP contribution in [0.25, 0.3) is 0 Å². The molecule has 0 aromatic carbocycles. The van der Waals surface area contributed by atoms with Gasteiger partial charge in [0.1, 0.15) is 0 Å². The van der Waals surface area contributed by atoms with E-state index >= 15 is 0 Å². The van der Waals surface area contributed by atoms with Crippen LogP contribution >= 0.6 is 0 Å². The molecule has 0 atom stereocenters. The third kappa shape index (κ3) is 5.87. The SMILES string of the molecule is COC(=O)C1CCC(NS(=O)(=O)CS(C)(=O)=O)CC1. The van der Waals surface area contributed by atoms with E-state index in [9.17, 15) is 21.6 Å². The van der Waals surface area contributed by atoms with Crippen LogP contribution in [-0.4, -0.2) is 47.3 Å². The molecule has 1 fully saturated rings. The summed E-state index contributed by atoms with van der Waals surface area (Å²) in [6.45, 7) is 0. The molecular formula is C10H19NO6S2. The van der Waals surface area contributed by atoms with Gasteiger partial charge in [0.05, 0.1) is 13.0 Å². The first kappa shape index (κ1) is 16.4. The van der Waals surface area contributed by atoms with Crippen LogP contribution < -0.4 is 4.72 Å². The summed E-state index contributed by atoms with van der Waals surface area (Å²) < 4.78 is 52.2. The number of rotatable bonds is 5. The van der Waals surface area contributed by atoms with Crippen molar-refractivity contribution in [1.29, 1.82) is 0 Å². The third-order valence-electron chi connectivity index (χ3n) is 2.98. The lowest BCUT2D eigenvalue weighted by atomic mass is 9.86. The van der Waals surface area contributed by atoms with E-state index in [0.717, 1.165) is 6.26 Å². The molecule has 112 valence electrons. The van der Waals surface area contributed by atoms with Gasteiger partial charge in [-0.25, -0.2) is 21.6 Å². The number of esters is 1. The van der Waals surface area contributed by atoms with Crippen molar-refractivity contribution in [2.45, 2.75) is 31.7 Å². The largest absolute Gasteiger partial charge is 0.469 e. The second-order valence-corrected chi connectivity index (χ2v) is 9.11. The van der Waals surface area contributed by atoms with Crippen LogP contribution in [0.3, 0.4) is 0 Å². The van der Waals surface area contributed by atoms with Crippen molar-refractivity contribution in [3.8, 4) is 0 Å². The number of sulfone groups is 1. The minimum atomic E-state index is -3.84. The summed E-state index contributed by atoms with van der Waals surface area (Å²) in [5, 5.41) is -0.906. The second kappa shape index (κ2) is 6.19. The predicted molar refractivity (Wildman–Crippen MR) is 69.5 cm³/mol. The maximum Gasteiger partial charge on any atom is 0.308 e. The molecule has 0 unspecified atom stereocenters. The lowest BCUT2D eigenvalue weighted by Gasteiger charge is -2.27. The molecule has 0 saturated heterocycles. The number of ether oxygens (including phenoxy) is 1. The summed E-state index contributed by atoms with van der Waals surface area (Å²) in [6.07, 6.45) is 2.96. The Morgan fingerprint density at radius 3 is 2.11 bits per heavy atom. The van der Waals surface area contributed by atoms with E-state index in [-0.39, 0.29) is 17.9 Å². The number of hydrogen-bond acceptors (Lipinski definition) is 6. The summed E-state index contributed by atoms with van der Waals surface area (Å²) in [6, 6.07) is -0.312. The van der Waals surface area contributed by atoms with Gasteiger partial charge in [-0.05, 0) is 25.7 Å². The molecule has 9 heteroatoms. The molecule has 1 saturated carbocycles. The van der Waals surface area contributed by atoms with Crippen LogP contribution in [0.5, 0.6) is 0 Å². The molecule has 0 heterocycles. The lowest BCUT2D eigenvalue weighted by molar-refractivity contribution is -0.146. The van der Waals surface area contributed by atoms with Crippen LogP contribution in [0, 0.1) is 5.92 Å². The maximum absolute atomic E-state index is 11.6. The molecule has 19 heavy (non-hydrogen) atoms. The van der Waals surface area contributed by atoms with Crippen LogP contribution in [0.2, 0.25) is 0 Å². The average Bonchev–Trinajstić information content (AvgIpc) is 2.25. The van der Waals surface area contributed by atoms with E-state index in [2.05, 4.69) is 9.46 Å². The Kier molecular flexibility index (Phi) is 5.34. The first-order valence-corrected chi connectivity index (χ1v) is 9.60. The Hall–Kier alpha value is -0.670. The highest BCUT2D eigenvalue weighted by Crippen LogP contribution is 2.25. The molecular weight excluding hydrogens is 294 g/mol. The molecule has 1 N–H and O–H groups in total. The lowest BCUT2D eigenvalue weighted by Crippen LogP contribution is -2.41. The van der Waals surface area contributed by atoms with Crippen molar-refractivity contribution in [3.63, 3.8) is 0 Å². The van der Waals surface area contributed by atoms with Crippen LogP contribution in [0.15, 0.2) is 0 Å². The van der Waals surface area contributed by atoms with E-state index in [0.29, 0.717) is 25.7 Å². The van der Waals surface area contributed by atoms with Crippen molar-refractivity contribution < 1.29 is 26.4 Å². The summed E-state index contributed by atoms with van der Waals surface area (Å²) in [7, 11) is -6.10. The number of nitrogens with one attached hydrogen (secondary N) is 1. The molecule has 0 amide bonds. The molecule has 1 aliphatic carbocycles. The normalized spacial score (nSPS) is 24.9. The summed E-state index contributed by atoms with van der Waals surface area (Å²) in [4.78, 5) is 11.3. The highest BCUT2D eigenvalue weighted by Gasteiger charge is 2.30. The van der Waals surface area contributed by atoms with Gasteiger partial charge < -0.3 is 4.74 Å². The first-order chi connectivity index (χ1) is 8.63. The number of hydrogen-bond donors (Lipinski definition) is 1. The molecule has 0 radical (unpaired) electrons. The number of sulfonamides is 1. The minimum Gasteiger partial charge on any atom is -0.469 e. The average molecular weight is 313 g/mol. The number of methoxy groups -OCH3 is 1. The minimum absolute atomic E-state index is 0.194. The van der Waals surface area contributed by atoms with Crippen molar-refractivity contribution in [2.75, 3.05) is 18.5 Å². The number of carbonyl (C=O) groups excluding carboxylic acids is 1. The highest BCUT2D eigenvalue weighted by atomic mass is 32.3. The zero-order valence-corrected chi connectivity index (χ0v) is 12.6. The Bertz CT molecular complexity index is 516. The van der Waals surface area contributed by atoms with Gasteiger partial charge in [-0.1, -0.05) is 0 Å². The van der Waals surface area contributed by atoms with Gasteiger partial charge in [-0.2, -0.15) is 0 Å². The van der Waals surface area contributed by atoms with E-state index in [1.54, 1.807) is 0 Å². The van der Waals surface area contributed by atoms with E-state index in [1.807, 2.05) is 0 Å². The van der Waals surface area contributed by atoms with Gasteiger partial charge in [0.25, 0.3) is 0 Å². The van der Waals surface area contributed by atoms with E-state index < -0.39 is 24.9 Å². The molecule has 0 aromatic heterocycles. The molecule has 0 bridgehead atoms. The number of carbonyl (C=O) groups is 1. The van der Waals surface area contributed by atoms with Crippen molar-refractivity contribution in [2.24, 2.45) is 5.92 Å². The van der Waals surface area contributed by atoms with Crippen molar-refractivity contribution >= 4 is 25.8 Å². The van der Waals surface area contributed by atoms with Gasteiger partial charge in [0.2, 0.25) is 10.0 Å². The fourth-order valence-electron chi connectivity index (χ4n) is 2.18. The van der Waals surface area contributed by atoms with Crippen molar-refractivity contribution in [3.05, 3.63) is 0 Å². The fraction of sp³-hybridized carbons (Fsp3) is 0.900. The van der Waals surface area contributed by atoms with Crippen LogP contribution in [0.4, 0.5) is 0 Å². The molecule has 0 spiro atoms. The highest BCUT2D eigenvalue weighted by molar-refractivity contribution is 8.06. The zero-order chi connectivity index (χ0) is 14.7. The van der Waals surface area contributed by atoms with Gasteiger partial charge in [0.15, 0.2) is 14.9 Å². The molecule has 1 aliphatic rings. The third-order valence-corrected chi connectivity index (χ3v) is 6.62. The maximum atomic E-state index is 11.6. The summed E-state index contributed by atoms with van der Waals surface area (Å²) >= 11 is 0. The van der Waals surface area contributed by atoms with Gasteiger partial charge >= 0.3 is 5.97 Å². The van der Waals surface area contributed by atoms with Gasteiger partial charge in [-0.3, -0.25) is 4.79 Å². The zero-order valence-electron chi connectivity index (χ0n) is 11.0. The summed E-state index contributed by atoms with van der Waals surface area (Å²) in [5.74, 6) is -0.474. The second-order valence-electron chi connectivity index (χ2n) is 4.85. The molecule has 0 aromatic rings. The Morgan fingerprint density at radius 2 is 1.68 bits per heavy atom. The topological polar surface area (TPSA) is 107 Å². The molecule has 0 aliphatic heterocycles. The monoisotopic (exact) mass is 313 g/mol. The first-order valence-electron chi connectivity index (χ1n) is 5.88. The molecule has 7 nitrogen and oxygen atoms in total. The Labute approximate surface area is 113 Å². The van der Waals surface area contributed by atoms with Crippen molar-refractivity contribution in [1.82, 2.24) is 4.72 Å². The predicted octanol–water partition coefficient (Wildman–Crippen LogP) is -0.360. The van der Waals surface area contributed by atoms with Gasteiger partial charge in [0, 0.05) is 12.3 Å².